The number of piperazine rings is 1. The number of benzene rings is 2. The molecule has 3 N–H and O–H groups in total. The normalized spacial score (nSPS) is 16.8. The molecule has 190 valence electrons. The fraction of sp³-hybridized carbons (Fsp3) is 0.258. The van der Waals surface area contributed by atoms with Gasteiger partial charge in [0.25, 0.3) is 0 Å². The average Bonchev–Trinajstić information content (AvgIpc) is 3.56. The highest BCUT2D eigenvalue weighted by atomic mass is 15.2. The number of nitrogens with two attached hydrogens (primary N) is 1. The number of aryl methyl sites for hydroxylation is 1. The summed E-state index contributed by atoms with van der Waals surface area (Å²) in [5.41, 5.74) is 14.6. The smallest absolute Gasteiger partial charge is 0.165 e. The lowest BCUT2D eigenvalue weighted by atomic mass is 10.1. The van der Waals surface area contributed by atoms with E-state index in [1.54, 1.807) is 6.20 Å². The van der Waals surface area contributed by atoms with Crippen LogP contribution in [0.25, 0.3) is 39.5 Å². The van der Waals surface area contributed by atoms with Crippen LogP contribution in [-0.4, -0.2) is 49.6 Å². The van der Waals surface area contributed by atoms with E-state index in [-0.39, 0.29) is 0 Å². The zero-order chi connectivity index (χ0) is 25.7. The van der Waals surface area contributed by atoms with E-state index in [0.717, 1.165) is 65.7 Å². The van der Waals surface area contributed by atoms with Gasteiger partial charge in [-0.05, 0) is 61.7 Å². The quantitative estimate of drug-likeness (QED) is 0.353. The molecule has 5 aromatic rings. The molecule has 7 heteroatoms. The summed E-state index contributed by atoms with van der Waals surface area (Å²) in [5.74, 6) is 1.19. The van der Waals surface area contributed by atoms with Crippen LogP contribution in [0.5, 0.6) is 0 Å². The number of pyridine rings is 2. The number of nitrogens with zero attached hydrogens (tertiary/aromatic N) is 5. The minimum Gasteiger partial charge on any atom is -0.383 e. The first-order valence-electron chi connectivity index (χ1n) is 13.3. The van der Waals surface area contributed by atoms with E-state index in [2.05, 4.69) is 75.2 Å². The second kappa shape index (κ2) is 9.04. The van der Waals surface area contributed by atoms with Gasteiger partial charge in [-0.15, -0.1) is 0 Å². The van der Waals surface area contributed by atoms with Gasteiger partial charge in [0.2, 0.25) is 0 Å². The standard InChI is InChI=1S/C31H31N7/c1-21-4-8-23(9-5-21)26-12-13-27-30(35-26)38(29(36-27)25-3-2-16-33-28(25)32)24-10-6-22(7-11-24)19-37-18-17-34-31(20-37)14-15-31/h2-13,16,34H,14-15,17-20H2,1H3,(H2,32,33). The van der Waals surface area contributed by atoms with Crippen LogP contribution in [0.4, 0.5) is 5.82 Å². The van der Waals surface area contributed by atoms with Gasteiger partial charge >= 0.3 is 0 Å². The third-order valence-corrected chi connectivity index (χ3v) is 7.84. The summed E-state index contributed by atoms with van der Waals surface area (Å²) >= 11 is 0. The number of hydrogen-bond donors (Lipinski definition) is 2. The Morgan fingerprint density at radius 2 is 1.76 bits per heavy atom. The lowest BCUT2D eigenvalue weighted by molar-refractivity contribution is 0.182. The molecule has 1 aliphatic heterocycles. The van der Waals surface area contributed by atoms with Crippen LogP contribution in [-0.2, 0) is 6.54 Å². The summed E-state index contributed by atoms with van der Waals surface area (Å²) in [5, 5.41) is 3.70. The van der Waals surface area contributed by atoms with Crippen molar-refractivity contribution >= 4 is 17.0 Å². The van der Waals surface area contributed by atoms with Gasteiger partial charge < -0.3 is 11.1 Å². The second-order valence-corrected chi connectivity index (χ2v) is 10.7. The van der Waals surface area contributed by atoms with Crippen molar-refractivity contribution in [3.05, 3.63) is 90.1 Å². The van der Waals surface area contributed by atoms with Crippen LogP contribution in [0.1, 0.15) is 24.0 Å². The lowest BCUT2D eigenvalue weighted by Gasteiger charge is -2.34. The van der Waals surface area contributed by atoms with E-state index in [1.807, 2.05) is 24.3 Å². The molecule has 2 fully saturated rings. The number of nitrogens with one attached hydrogen (secondary N) is 1. The number of hydrogen-bond acceptors (Lipinski definition) is 6. The topological polar surface area (TPSA) is 84.9 Å². The molecular weight excluding hydrogens is 470 g/mol. The van der Waals surface area contributed by atoms with Crippen molar-refractivity contribution in [2.45, 2.75) is 31.8 Å². The van der Waals surface area contributed by atoms with Crippen LogP contribution in [0.15, 0.2) is 79.0 Å². The SMILES string of the molecule is Cc1ccc(-c2ccc3nc(-c4cccnc4N)n(-c4ccc(CN5CCNC6(CC6)C5)cc4)c3n2)cc1. The first-order chi connectivity index (χ1) is 18.6. The van der Waals surface area contributed by atoms with Crippen molar-refractivity contribution in [3.63, 3.8) is 0 Å². The number of fused-ring (bicyclic) bond motifs is 1. The average molecular weight is 502 g/mol. The second-order valence-electron chi connectivity index (χ2n) is 10.7. The van der Waals surface area contributed by atoms with Gasteiger partial charge in [0, 0.05) is 49.2 Å². The van der Waals surface area contributed by atoms with E-state index in [0.29, 0.717) is 11.4 Å². The Morgan fingerprint density at radius 3 is 2.53 bits per heavy atom. The molecule has 38 heavy (non-hydrogen) atoms. The molecule has 0 atom stereocenters. The van der Waals surface area contributed by atoms with Crippen LogP contribution >= 0.6 is 0 Å². The summed E-state index contributed by atoms with van der Waals surface area (Å²) < 4.78 is 2.11. The predicted molar refractivity (Wildman–Crippen MR) is 152 cm³/mol. The monoisotopic (exact) mass is 501 g/mol. The molecule has 0 amide bonds. The Balaban J connectivity index is 1.30. The molecule has 2 aliphatic rings. The molecule has 0 radical (unpaired) electrons. The molecule has 0 unspecified atom stereocenters. The fourth-order valence-electron chi connectivity index (χ4n) is 5.55. The molecule has 1 saturated carbocycles. The van der Waals surface area contributed by atoms with Gasteiger partial charge in [-0.2, -0.15) is 0 Å². The van der Waals surface area contributed by atoms with E-state index in [4.69, 9.17) is 15.7 Å². The number of rotatable bonds is 5. The molecule has 1 aliphatic carbocycles. The number of aromatic nitrogens is 4. The number of imidazole rings is 1. The highest BCUT2D eigenvalue weighted by Gasteiger charge is 2.45. The van der Waals surface area contributed by atoms with Crippen molar-refractivity contribution in [1.29, 1.82) is 0 Å². The predicted octanol–water partition coefficient (Wildman–Crippen LogP) is 4.98. The highest BCUT2D eigenvalue weighted by molar-refractivity contribution is 5.84. The molecule has 1 spiro atoms. The van der Waals surface area contributed by atoms with Crippen LogP contribution in [0, 0.1) is 6.92 Å². The molecule has 1 saturated heterocycles. The molecular formula is C31H31N7. The summed E-state index contributed by atoms with van der Waals surface area (Å²) in [6.45, 7) is 6.36. The number of anilines is 1. The first kappa shape index (κ1) is 23.1. The lowest BCUT2D eigenvalue weighted by Crippen LogP contribution is -2.51. The summed E-state index contributed by atoms with van der Waals surface area (Å²) in [6, 6.07) is 25.2. The minimum absolute atomic E-state index is 0.382. The molecule has 3 aromatic heterocycles. The maximum absolute atomic E-state index is 6.32. The minimum atomic E-state index is 0.382. The van der Waals surface area contributed by atoms with Crippen molar-refractivity contribution in [1.82, 2.24) is 29.7 Å². The summed E-state index contributed by atoms with van der Waals surface area (Å²) in [7, 11) is 0. The van der Waals surface area contributed by atoms with E-state index < -0.39 is 0 Å². The van der Waals surface area contributed by atoms with Crippen molar-refractivity contribution in [2.24, 2.45) is 0 Å². The Labute approximate surface area is 222 Å². The molecule has 0 bridgehead atoms. The highest BCUT2D eigenvalue weighted by Crippen LogP contribution is 2.38. The third kappa shape index (κ3) is 4.23. The van der Waals surface area contributed by atoms with Gasteiger partial charge in [0.05, 0.1) is 11.3 Å². The van der Waals surface area contributed by atoms with Gasteiger partial charge in [-0.25, -0.2) is 15.0 Å². The maximum Gasteiger partial charge on any atom is 0.165 e. The van der Waals surface area contributed by atoms with Crippen LogP contribution < -0.4 is 11.1 Å². The Bertz CT molecular complexity index is 1620. The zero-order valence-corrected chi connectivity index (χ0v) is 21.6. The van der Waals surface area contributed by atoms with Crippen molar-refractivity contribution in [3.8, 4) is 28.3 Å². The largest absolute Gasteiger partial charge is 0.383 e. The summed E-state index contributed by atoms with van der Waals surface area (Å²) in [6.07, 6.45) is 4.30. The van der Waals surface area contributed by atoms with Gasteiger partial charge in [-0.1, -0.05) is 42.0 Å². The van der Waals surface area contributed by atoms with E-state index in [1.165, 1.54) is 24.0 Å². The van der Waals surface area contributed by atoms with Crippen LogP contribution in [0.2, 0.25) is 0 Å². The Kier molecular flexibility index (Phi) is 5.49. The number of nitrogen functional groups attached to an aromatic ring is 1. The Morgan fingerprint density at radius 1 is 0.947 bits per heavy atom. The molecule has 7 nitrogen and oxygen atoms in total. The van der Waals surface area contributed by atoms with Gasteiger partial charge in [-0.3, -0.25) is 9.47 Å². The maximum atomic E-state index is 6.32. The summed E-state index contributed by atoms with van der Waals surface area (Å²) in [4.78, 5) is 17.0. The van der Waals surface area contributed by atoms with Gasteiger partial charge in [0.1, 0.15) is 11.3 Å². The fourth-order valence-corrected chi connectivity index (χ4v) is 5.55. The third-order valence-electron chi connectivity index (χ3n) is 7.84. The molecule has 2 aromatic carbocycles. The zero-order valence-electron chi connectivity index (χ0n) is 21.6. The molecule has 7 rings (SSSR count). The van der Waals surface area contributed by atoms with E-state index in [9.17, 15) is 0 Å². The first-order valence-corrected chi connectivity index (χ1v) is 13.3. The van der Waals surface area contributed by atoms with Crippen molar-refractivity contribution in [2.75, 3.05) is 25.4 Å². The van der Waals surface area contributed by atoms with Crippen molar-refractivity contribution < 1.29 is 0 Å². The molecule has 4 heterocycles. The van der Waals surface area contributed by atoms with Gasteiger partial charge in [0.15, 0.2) is 11.5 Å². The van der Waals surface area contributed by atoms with E-state index >= 15 is 0 Å². The Hall–Kier alpha value is -4.07. The van der Waals surface area contributed by atoms with Crippen LogP contribution in [0.3, 0.4) is 0 Å².